The largest absolute Gasteiger partial charge is 0.462 e. The van der Waals surface area contributed by atoms with Gasteiger partial charge < -0.3 is 15.9 Å². The molecule has 0 aromatic carbocycles. The first kappa shape index (κ1) is 9.68. The number of rotatable bonds is 3. The van der Waals surface area contributed by atoms with Crippen molar-refractivity contribution in [3.05, 3.63) is 11.3 Å². The zero-order valence-corrected chi connectivity index (χ0v) is 6.68. The number of carbonyl (C=O) groups excluding carboxylic acids is 1. The Bertz CT molecular complexity index is 193. The number of nitrogens with two attached hydrogens (primary N) is 1. The minimum Gasteiger partial charge on any atom is -0.462 e. The number of nitrogens with one attached hydrogen (secondary N) is 1. The second kappa shape index (κ2) is 4.49. The summed E-state index contributed by atoms with van der Waals surface area (Å²) >= 11 is 0. The minimum atomic E-state index is -0.539. The number of hydrogen-bond acceptors (Lipinski definition) is 4. The van der Waals surface area contributed by atoms with E-state index in [0.717, 1.165) is 6.21 Å². The Hall–Kier alpha value is -1.32. The van der Waals surface area contributed by atoms with Gasteiger partial charge >= 0.3 is 5.97 Å². The highest BCUT2D eigenvalue weighted by atomic mass is 16.5. The molecular weight excluding hydrogens is 144 g/mol. The van der Waals surface area contributed by atoms with E-state index in [-0.39, 0.29) is 5.57 Å². The summed E-state index contributed by atoms with van der Waals surface area (Å²) in [6, 6.07) is 0. The summed E-state index contributed by atoms with van der Waals surface area (Å²) in [5.74, 6) is -0.539. The van der Waals surface area contributed by atoms with Gasteiger partial charge in [0.15, 0.2) is 0 Å². The molecule has 0 aliphatic carbocycles. The zero-order chi connectivity index (χ0) is 8.85. The van der Waals surface area contributed by atoms with Crippen molar-refractivity contribution in [2.24, 2.45) is 5.73 Å². The average Bonchev–Trinajstić information content (AvgIpc) is 1.88. The van der Waals surface area contributed by atoms with Crippen molar-refractivity contribution >= 4 is 12.2 Å². The Balaban J connectivity index is 4.40. The lowest BCUT2D eigenvalue weighted by atomic mass is 10.2. The van der Waals surface area contributed by atoms with E-state index in [2.05, 4.69) is 4.74 Å². The maximum Gasteiger partial charge on any atom is 0.341 e. The molecule has 0 unspecified atom stereocenters. The highest BCUT2D eigenvalue weighted by Crippen LogP contribution is 1.97. The average molecular weight is 156 g/mol. The summed E-state index contributed by atoms with van der Waals surface area (Å²) in [6.45, 7) is 3.55. The third-order valence-electron chi connectivity index (χ3n) is 1.06. The van der Waals surface area contributed by atoms with Gasteiger partial charge in [-0.15, -0.1) is 0 Å². The molecule has 11 heavy (non-hydrogen) atoms. The van der Waals surface area contributed by atoms with Crippen LogP contribution in [0.15, 0.2) is 11.3 Å². The molecule has 62 valence electrons. The van der Waals surface area contributed by atoms with Crippen molar-refractivity contribution in [3.63, 3.8) is 0 Å². The normalized spacial score (nSPS) is 11.8. The standard InChI is InChI=1S/C7H12N2O2/c1-3-11-7(10)6(4-8)5(2)9/h4,8H,3,9H2,1-2H3/b6-5+,8-4?. The summed E-state index contributed by atoms with van der Waals surface area (Å²) in [5, 5.41) is 6.84. The lowest BCUT2D eigenvalue weighted by molar-refractivity contribution is -0.137. The van der Waals surface area contributed by atoms with Crippen LogP contribution in [-0.2, 0) is 9.53 Å². The van der Waals surface area contributed by atoms with Crippen LogP contribution in [0.2, 0.25) is 0 Å². The molecule has 0 saturated heterocycles. The van der Waals surface area contributed by atoms with Crippen LogP contribution in [0.1, 0.15) is 13.8 Å². The SMILES string of the molecule is CCOC(=O)/C(C=N)=C(\C)N. The van der Waals surface area contributed by atoms with E-state index in [9.17, 15) is 4.79 Å². The first-order chi connectivity index (χ1) is 5.13. The Morgan fingerprint density at radius 3 is 2.55 bits per heavy atom. The molecular formula is C7H12N2O2. The quantitative estimate of drug-likeness (QED) is 0.353. The van der Waals surface area contributed by atoms with Crippen LogP contribution in [0.4, 0.5) is 0 Å². The summed E-state index contributed by atoms with van der Waals surface area (Å²) in [6.07, 6.45) is 0.896. The van der Waals surface area contributed by atoms with Crippen molar-refractivity contribution in [1.29, 1.82) is 5.41 Å². The minimum absolute atomic E-state index is 0.117. The lowest BCUT2D eigenvalue weighted by Gasteiger charge is -2.02. The number of ether oxygens (including phenoxy) is 1. The summed E-state index contributed by atoms with van der Waals surface area (Å²) in [4.78, 5) is 10.9. The van der Waals surface area contributed by atoms with Crippen LogP contribution < -0.4 is 5.73 Å². The van der Waals surface area contributed by atoms with Crippen molar-refractivity contribution in [3.8, 4) is 0 Å². The molecule has 0 aromatic rings. The van der Waals surface area contributed by atoms with Crippen LogP contribution in [0, 0.1) is 5.41 Å². The topological polar surface area (TPSA) is 76.2 Å². The smallest absolute Gasteiger partial charge is 0.341 e. The molecule has 0 atom stereocenters. The lowest BCUT2D eigenvalue weighted by Crippen LogP contribution is -2.13. The van der Waals surface area contributed by atoms with Crippen LogP contribution in [0.5, 0.6) is 0 Å². The van der Waals surface area contributed by atoms with Gasteiger partial charge in [0.05, 0.1) is 12.2 Å². The Morgan fingerprint density at radius 2 is 2.27 bits per heavy atom. The molecule has 0 fully saturated rings. The van der Waals surface area contributed by atoms with E-state index in [0.29, 0.717) is 12.3 Å². The predicted molar refractivity (Wildman–Crippen MR) is 42.3 cm³/mol. The monoisotopic (exact) mass is 156 g/mol. The van der Waals surface area contributed by atoms with Crippen LogP contribution in [0.25, 0.3) is 0 Å². The number of hydrogen-bond donors (Lipinski definition) is 2. The predicted octanol–water partition coefficient (Wildman–Crippen LogP) is 0.432. The number of allylic oxidation sites excluding steroid dienone is 1. The molecule has 0 aliphatic rings. The second-order valence-electron chi connectivity index (χ2n) is 1.96. The van der Waals surface area contributed by atoms with Gasteiger partial charge in [0.2, 0.25) is 0 Å². The van der Waals surface area contributed by atoms with Crippen LogP contribution in [0.3, 0.4) is 0 Å². The molecule has 0 spiro atoms. The second-order valence-corrected chi connectivity index (χ2v) is 1.96. The maximum absolute atomic E-state index is 10.9. The molecule has 3 N–H and O–H groups in total. The summed E-state index contributed by atoms with van der Waals surface area (Å²) in [5.41, 5.74) is 5.73. The van der Waals surface area contributed by atoms with E-state index in [1.54, 1.807) is 13.8 Å². The fraction of sp³-hybridized carbons (Fsp3) is 0.429. The van der Waals surface area contributed by atoms with Gasteiger partial charge in [0.1, 0.15) is 0 Å². The highest BCUT2D eigenvalue weighted by Gasteiger charge is 2.08. The molecule has 0 aliphatic heterocycles. The van der Waals surface area contributed by atoms with Gasteiger partial charge in [-0.3, -0.25) is 0 Å². The van der Waals surface area contributed by atoms with E-state index >= 15 is 0 Å². The Morgan fingerprint density at radius 1 is 1.73 bits per heavy atom. The summed E-state index contributed by atoms with van der Waals surface area (Å²) in [7, 11) is 0. The molecule has 0 rings (SSSR count). The third-order valence-corrected chi connectivity index (χ3v) is 1.06. The van der Waals surface area contributed by atoms with Crippen LogP contribution >= 0.6 is 0 Å². The molecule has 0 saturated carbocycles. The number of esters is 1. The van der Waals surface area contributed by atoms with E-state index in [1.165, 1.54) is 0 Å². The van der Waals surface area contributed by atoms with Crippen LogP contribution in [-0.4, -0.2) is 18.8 Å². The fourth-order valence-corrected chi connectivity index (χ4v) is 0.543. The van der Waals surface area contributed by atoms with Crippen molar-refractivity contribution in [2.45, 2.75) is 13.8 Å². The zero-order valence-electron chi connectivity index (χ0n) is 6.68. The highest BCUT2D eigenvalue weighted by molar-refractivity contribution is 6.09. The molecule has 0 aromatic heterocycles. The molecule has 0 radical (unpaired) electrons. The van der Waals surface area contributed by atoms with E-state index in [1.807, 2.05) is 0 Å². The Labute approximate surface area is 65.5 Å². The molecule has 4 nitrogen and oxygen atoms in total. The van der Waals surface area contributed by atoms with Gasteiger partial charge in [-0.05, 0) is 13.8 Å². The molecule has 4 heteroatoms. The van der Waals surface area contributed by atoms with Gasteiger partial charge in [0.25, 0.3) is 0 Å². The number of carbonyl (C=O) groups is 1. The van der Waals surface area contributed by atoms with Crippen molar-refractivity contribution in [2.75, 3.05) is 6.61 Å². The third kappa shape index (κ3) is 2.84. The van der Waals surface area contributed by atoms with Crippen molar-refractivity contribution < 1.29 is 9.53 Å². The van der Waals surface area contributed by atoms with Gasteiger partial charge in [0, 0.05) is 11.9 Å². The first-order valence-corrected chi connectivity index (χ1v) is 3.27. The molecule has 0 heterocycles. The van der Waals surface area contributed by atoms with Crippen molar-refractivity contribution in [1.82, 2.24) is 0 Å². The molecule has 0 bridgehead atoms. The van der Waals surface area contributed by atoms with E-state index in [4.69, 9.17) is 11.1 Å². The molecule has 0 amide bonds. The maximum atomic E-state index is 10.9. The van der Waals surface area contributed by atoms with Gasteiger partial charge in [-0.25, -0.2) is 4.79 Å². The summed E-state index contributed by atoms with van der Waals surface area (Å²) < 4.78 is 4.63. The Kier molecular flexibility index (Phi) is 3.95. The van der Waals surface area contributed by atoms with Gasteiger partial charge in [-0.2, -0.15) is 0 Å². The van der Waals surface area contributed by atoms with E-state index < -0.39 is 5.97 Å². The first-order valence-electron chi connectivity index (χ1n) is 3.27. The fourth-order valence-electron chi connectivity index (χ4n) is 0.543. The van der Waals surface area contributed by atoms with Gasteiger partial charge in [-0.1, -0.05) is 0 Å².